The second-order valence-electron chi connectivity index (χ2n) is 4.68. The van der Waals surface area contributed by atoms with Gasteiger partial charge in [-0.2, -0.15) is 34.8 Å². The van der Waals surface area contributed by atoms with Crippen LogP contribution < -0.4 is 4.18 Å². The van der Waals surface area contributed by atoms with Crippen molar-refractivity contribution in [2.75, 3.05) is 0 Å². The smallest absolute Gasteiger partial charge is 0.374 e. The van der Waals surface area contributed by atoms with Crippen molar-refractivity contribution in [3.63, 3.8) is 0 Å². The normalized spacial score (nSPS) is 13.2. The number of carbonyl (C=O) groups excluding carboxylic acids is 1. The van der Waals surface area contributed by atoms with Crippen LogP contribution in [0.15, 0.2) is 18.2 Å². The number of nitrogens with zero attached hydrogens (tertiary/aromatic N) is 1. The summed E-state index contributed by atoms with van der Waals surface area (Å²) in [7, 11) is -6.02. The van der Waals surface area contributed by atoms with Crippen LogP contribution in [0, 0.1) is 0 Å². The van der Waals surface area contributed by atoms with Gasteiger partial charge in [0.25, 0.3) is 0 Å². The summed E-state index contributed by atoms with van der Waals surface area (Å²) in [5, 5.41) is -0.961. The van der Waals surface area contributed by atoms with Gasteiger partial charge in [-0.15, -0.1) is 0 Å². The Hall–Kier alpha value is -1.95. The maximum Gasteiger partial charge on any atom is 0.534 e. The maximum atomic E-state index is 12.6. The fraction of sp³-hybridized carbons (Fsp3) is 0.250. The highest BCUT2D eigenvalue weighted by Gasteiger charge is 2.48. The first-order chi connectivity index (χ1) is 11.3. The van der Waals surface area contributed by atoms with Gasteiger partial charge >= 0.3 is 21.8 Å². The summed E-state index contributed by atoms with van der Waals surface area (Å²) in [6, 6.07) is 2.40. The van der Waals surface area contributed by atoms with Gasteiger partial charge < -0.3 is 8.75 Å². The average molecular weight is 410 g/mol. The number of benzene rings is 1. The maximum absolute atomic E-state index is 12.6. The summed E-state index contributed by atoms with van der Waals surface area (Å²) in [4.78, 5) is 10.9. The zero-order chi connectivity index (χ0) is 19.2. The molecule has 0 saturated heterocycles. The monoisotopic (exact) mass is 409 g/mol. The highest BCUT2D eigenvalue weighted by molar-refractivity contribution is 7.88. The Bertz CT molecular complexity index is 932. The van der Waals surface area contributed by atoms with Crippen LogP contribution in [0.1, 0.15) is 10.5 Å². The van der Waals surface area contributed by atoms with E-state index in [9.17, 15) is 39.6 Å². The van der Waals surface area contributed by atoms with Crippen molar-refractivity contribution in [3.05, 3.63) is 28.9 Å². The van der Waals surface area contributed by atoms with Crippen LogP contribution in [0.25, 0.3) is 10.9 Å². The summed E-state index contributed by atoms with van der Waals surface area (Å²) >= 11 is 5.74. The van der Waals surface area contributed by atoms with E-state index in [1.54, 1.807) is 0 Å². The van der Waals surface area contributed by atoms with Crippen LogP contribution >= 0.6 is 11.6 Å². The molecule has 1 heterocycles. The molecule has 0 aliphatic heterocycles. The van der Waals surface area contributed by atoms with Gasteiger partial charge in [-0.1, -0.05) is 11.6 Å². The van der Waals surface area contributed by atoms with Crippen molar-refractivity contribution in [1.82, 2.24) is 4.57 Å². The quantitative estimate of drug-likeness (QED) is 0.332. The molecular formula is C12H6ClF6NO4S. The SMILES string of the molecule is O=Cc1cc2c(Cl)c(OS(=O)(=O)C(F)(F)F)ccc2n1CC(F)(F)F. The molecule has 2 aromatic rings. The van der Waals surface area contributed by atoms with Crippen LogP contribution in [0.3, 0.4) is 0 Å². The van der Waals surface area contributed by atoms with Gasteiger partial charge in [0.05, 0.1) is 16.2 Å². The molecule has 25 heavy (non-hydrogen) atoms. The number of carbonyl (C=O) groups is 1. The van der Waals surface area contributed by atoms with E-state index in [2.05, 4.69) is 4.18 Å². The first kappa shape index (κ1) is 19.4. The van der Waals surface area contributed by atoms with Gasteiger partial charge in [0.2, 0.25) is 0 Å². The first-order valence-electron chi connectivity index (χ1n) is 6.11. The van der Waals surface area contributed by atoms with Crippen LogP contribution in [0.2, 0.25) is 5.02 Å². The van der Waals surface area contributed by atoms with Crippen LogP contribution in [-0.2, 0) is 16.7 Å². The Balaban J connectivity index is 2.60. The van der Waals surface area contributed by atoms with E-state index >= 15 is 0 Å². The number of aromatic nitrogens is 1. The van der Waals surface area contributed by atoms with Crippen molar-refractivity contribution in [2.45, 2.75) is 18.2 Å². The summed E-state index contributed by atoms with van der Waals surface area (Å²) in [6.45, 7) is -1.55. The van der Waals surface area contributed by atoms with E-state index in [1.165, 1.54) is 0 Å². The number of halogens is 7. The minimum Gasteiger partial charge on any atom is -0.374 e. The molecule has 0 spiro atoms. The highest BCUT2D eigenvalue weighted by Crippen LogP contribution is 2.38. The topological polar surface area (TPSA) is 65.4 Å². The summed E-state index contributed by atoms with van der Waals surface area (Å²) < 4.78 is 101. The summed E-state index contributed by atoms with van der Waals surface area (Å²) in [5.74, 6) is -0.937. The van der Waals surface area contributed by atoms with Gasteiger partial charge in [-0.05, 0) is 18.2 Å². The number of rotatable bonds is 4. The molecule has 1 aromatic heterocycles. The summed E-state index contributed by atoms with van der Waals surface area (Å²) in [5.41, 5.74) is -6.41. The molecule has 0 unspecified atom stereocenters. The highest BCUT2D eigenvalue weighted by atomic mass is 35.5. The number of hydrogen-bond donors (Lipinski definition) is 0. The molecule has 13 heteroatoms. The van der Waals surface area contributed by atoms with E-state index in [-0.39, 0.29) is 17.2 Å². The number of fused-ring (bicyclic) bond motifs is 1. The number of alkyl halides is 6. The van der Waals surface area contributed by atoms with Crippen molar-refractivity contribution in [1.29, 1.82) is 0 Å². The van der Waals surface area contributed by atoms with Crippen LogP contribution in [0.5, 0.6) is 5.75 Å². The lowest BCUT2D eigenvalue weighted by Crippen LogP contribution is -2.28. The van der Waals surface area contributed by atoms with E-state index < -0.39 is 44.8 Å². The zero-order valence-electron chi connectivity index (χ0n) is 11.7. The van der Waals surface area contributed by atoms with E-state index in [4.69, 9.17) is 11.6 Å². The molecule has 0 bridgehead atoms. The van der Waals surface area contributed by atoms with Gasteiger partial charge in [0.1, 0.15) is 6.54 Å². The second-order valence-corrected chi connectivity index (χ2v) is 6.60. The van der Waals surface area contributed by atoms with E-state index in [0.717, 1.165) is 12.1 Å². The van der Waals surface area contributed by atoms with Gasteiger partial charge in [-0.25, -0.2) is 0 Å². The molecule has 0 fully saturated rings. The number of hydrogen-bond acceptors (Lipinski definition) is 4. The molecular weight excluding hydrogens is 404 g/mol. The zero-order valence-corrected chi connectivity index (χ0v) is 13.2. The second kappa shape index (κ2) is 6.09. The van der Waals surface area contributed by atoms with Crippen LogP contribution in [0.4, 0.5) is 26.3 Å². The van der Waals surface area contributed by atoms with E-state index in [1.807, 2.05) is 0 Å². The Morgan fingerprint density at radius 3 is 2.24 bits per heavy atom. The molecule has 2 rings (SSSR count). The number of aldehydes is 1. The minimum atomic E-state index is -6.02. The standard InChI is InChI=1S/C12H6ClF6NO4S/c13-10-7-3-6(4-21)20(5-11(14,15)16)8(7)1-2-9(10)24-25(22,23)12(17,18)19/h1-4H,5H2. The molecule has 0 aliphatic carbocycles. The lowest BCUT2D eigenvalue weighted by Gasteiger charge is -2.13. The van der Waals surface area contributed by atoms with Gasteiger partial charge in [-0.3, -0.25) is 4.79 Å². The lowest BCUT2D eigenvalue weighted by molar-refractivity contribution is -0.140. The van der Waals surface area contributed by atoms with Gasteiger partial charge in [0.15, 0.2) is 12.0 Å². The van der Waals surface area contributed by atoms with E-state index in [0.29, 0.717) is 10.6 Å². The fourth-order valence-electron chi connectivity index (χ4n) is 1.98. The van der Waals surface area contributed by atoms with Crippen molar-refractivity contribution >= 4 is 38.9 Å². The minimum absolute atomic E-state index is 0.0923. The van der Waals surface area contributed by atoms with Crippen LogP contribution in [-0.4, -0.2) is 31.0 Å². The summed E-state index contributed by atoms with van der Waals surface area (Å²) in [6.07, 6.45) is -4.60. The van der Waals surface area contributed by atoms with Crippen molar-refractivity contribution < 1.29 is 43.7 Å². The molecule has 5 nitrogen and oxygen atoms in total. The Morgan fingerprint density at radius 1 is 1.16 bits per heavy atom. The molecule has 0 amide bonds. The Kier molecular flexibility index (Phi) is 4.72. The molecule has 0 aliphatic rings. The van der Waals surface area contributed by atoms with Gasteiger partial charge in [0, 0.05) is 5.39 Å². The molecule has 0 radical (unpaired) electrons. The molecule has 138 valence electrons. The fourth-order valence-corrected chi connectivity index (χ4v) is 2.75. The third-order valence-electron chi connectivity index (χ3n) is 2.96. The third-order valence-corrected chi connectivity index (χ3v) is 4.31. The Morgan fingerprint density at radius 2 is 1.76 bits per heavy atom. The average Bonchev–Trinajstić information content (AvgIpc) is 2.77. The molecule has 1 aromatic carbocycles. The van der Waals surface area contributed by atoms with Crippen molar-refractivity contribution in [2.24, 2.45) is 0 Å². The molecule has 0 saturated carbocycles. The third kappa shape index (κ3) is 3.84. The first-order valence-corrected chi connectivity index (χ1v) is 7.90. The molecule has 0 N–H and O–H groups in total. The predicted octanol–water partition coefficient (Wildman–Crippen LogP) is 3.90. The lowest BCUT2D eigenvalue weighted by atomic mass is 10.2. The molecule has 0 atom stereocenters. The largest absolute Gasteiger partial charge is 0.534 e. The Labute approximate surface area is 140 Å². The predicted molar refractivity (Wildman–Crippen MR) is 74.0 cm³/mol. The van der Waals surface area contributed by atoms with Crippen molar-refractivity contribution in [3.8, 4) is 5.75 Å².